The minimum Gasteiger partial charge on any atom is -0.473 e. The van der Waals surface area contributed by atoms with Crippen LogP contribution in [0.4, 0.5) is 0 Å². The number of rotatable bonds is 3. The van der Waals surface area contributed by atoms with E-state index in [0.717, 1.165) is 21.2 Å². The van der Waals surface area contributed by atoms with E-state index in [1.807, 2.05) is 44.2 Å². The van der Waals surface area contributed by atoms with E-state index in [1.54, 1.807) is 12.3 Å². The first-order valence-electron chi connectivity index (χ1n) is 8.05. The van der Waals surface area contributed by atoms with Crippen LogP contribution in [0.25, 0.3) is 0 Å². The molecular formula is C20H17BrO5. The van der Waals surface area contributed by atoms with Crippen LogP contribution >= 0.6 is 15.9 Å². The number of benzene rings is 2. The maximum Gasteiger partial charge on any atom is 0.422 e. The molecule has 1 aliphatic heterocycles. The Labute approximate surface area is 159 Å². The molecule has 1 atom stereocenters. The number of esters is 1. The topological polar surface area (TPSA) is 72.8 Å². The molecule has 1 heterocycles. The standard InChI is InChI=1S/C20H17BrO5/c1-11-7-16-18(17(8-11)26-20(24)19(22)23)12(2)14(10-25-16)9-13-3-5-15(21)6-4-13/h3-8,10,12H,9H2,1-2H3,(H,22,23). The van der Waals surface area contributed by atoms with Crippen molar-refractivity contribution in [3.05, 3.63) is 69.4 Å². The third-order valence-corrected chi connectivity index (χ3v) is 4.80. The van der Waals surface area contributed by atoms with Crippen LogP contribution in [0.2, 0.25) is 0 Å². The van der Waals surface area contributed by atoms with E-state index in [2.05, 4.69) is 15.9 Å². The Balaban J connectivity index is 1.92. The summed E-state index contributed by atoms with van der Waals surface area (Å²) in [5, 5.41) is 8.83. The predicted octanol–water partition coefficient (Wildman–Crippen LogP) is 4.37. The van der Waals surface area contributed by atoms with Crippen LogP contribution in [0.5, 0.6) is 11.5 Å². The zero-order valence-electron chi connectivity index (χ0n) is 14.3. The van der Waals surface area contributed by atoms with Crippen molar-refractivity contribution < 1.29 is 24.2 Å². The Morgan fingerprint density at radius 2 is 1.92 bits per heavy atom. The van der Waals surface area contributed by atoms with Crippen LogP contribution in [0.15, 0.2) is 52.7 Å². The molecule has 5 nitrogen and oxygen atoms in total. The molecule has 0 saturated carbocycles. The van der Waals surface area contributed by atoms with Crippen LogP contribution in [0.1, 0.15) is 29.5 Å². The number of carbonyl (C=O) groups is 2. The molecule has 0 bridgehead atoms. The van der Waals surface area contributed by atoms with Crippen molar-refractivity contribution in [1.29, 1.82) is 0 Å². The van der Waals surface area contributed by atoms with Crippen LogP contribution in [-0.2, 0) is 16.0 Å². The van der Waals surface area contributed by atoms with E-state index in [0.29, 0.717) is 17.7 Å². The Bertz CT molecular complexity index is 899. The van der Waals surface area contributed by atoms with Crippen molar-refractivity contribution in [3.63, 3.8) is 0 Å². The molecule has 0 radical (unpaired) electrons. The van der Waals surface area contributed by atoms with Crippen molar-refractivity contribution in [1.82, 2.24) is 0 Å². The van der Waals surface area contributed by atoms with Gasteiger partial charge in [0.1, 0.15) is 11.5 Å². The molecular weight excluding hydrogens is 400 g/mol. The molecule has 1 unspecified atom stereocenters. The molecule has 134 valence electrons. The average Bonchev–Trinajstić information content (AvgIpc) is 2.58. The summed E-state index contributed by atoms with van der Waals surface area (Å²) in [6.45, 7) is 3.81. The van der Waals surface area contributed by atoms with Gasteiger partial charge in [-0.3, -0.25) is 0 Å². The summed E-state index contributed by atoms with van der Waals surface area (Å²) in [4.78, 5) is 22.4. The van der Waals surface area contributed by atoms with Gasteiger partial charge in [-0.05, 0) is 54.3 Å². The van der Waals surface area contributed by atoms with Gasteiger partial charge in [-0.15, -0.1) is 0 Å². The normalized spacial score (nSPS) is 15.5. The highest BCUT2D eigenvalue weighted by Gasteiger charge is 2.28. The summed E-state index contributed by atoms with van der Waals surface area (Å²) in [6.07, 6.45) is 2.39. The first-order valence-corrected chi connectivity index (χ1v) is 8.84. The highest BCUT2D eigenvalue weighted by atomic mass is 79.9. The zero-order chi connectivity index (χ0) is 18.8. The third-order valence-electron chi connectivity index (χ3n) is 4.27. The molecule has 1 aliphatic rings. The van der Waals surface area contributed by atoms with Gasteiger partial charge in [-0.1, -0.05) is 35.0 Å². The van der Waals surface area contributed by atoms with Gasteiger partial charge in [0.15, 0.2) is 0 Å². The maximum atomic E-state index is 11.5. The maximum absolute atomic E-state index is 11.5. The third kappa shape index (κ3) is 3.80. The summed E-state index contributed by atoms with van der Waals surface area (Å²) < 4.78 is 11.9. The molecule has 0 aromatic heterocycles. The number of aliphatic carboxylic acids is 1. The van der Waals surface area contributed by atoms with Gasteiger partial charge in [-0.25, -0.2) is 9.59 Å². The Hall–Kier alpha value is -2.60. The minimum atomic E-state index is -1.63. The van der Waals surface area contributed by atoms with Crippen molar-refractivity contribution in [2.45, 2.75) is 26.2 Å². The number of allylic oxidation sites excluding steroid dienone is 1. The second-order valence-electron chi connectivity index (χ2n) is 6.21. The van der Waals surface area contributed by atoms with Gasteiger partial charge < -0.3 is 14.6 Å². The molecule has 6 heteroatoms. The highest BCUT2D eigenvalue weighted by Crippen LogP contribution is 2.43. The summed E-state index contributed by atoms with van der Waals surface area (Å²) >= 11 is 3.42. The number of aryl methyl sites for hydroxylation is 1. The molecule has 0 spiro atoms. The predicted molar refractivity (Wildman–Crippen MR) is 99.4 cm³/mol. The molecule has 0 fully saturated rings. The SMILES string of the molecule is Cc1cc2c(c(OC(=O)C(=O)O)c1)C(C)C(Cc1ccc(Br)cc1)=CO2. The Kier molecular flexibility index (Phi) is 5.13. The number of carboxylic acids is 1. The molecule has 2 aromatic carbocycles. The van der Waals surface area contributed by atoms with Crippen LogP contribution < -0.4 is 9.47 Å². The number of ether oxygens (including phenoxy) is 2. The zero-order valence-corrected chi connectivity index (χ0v) is 15.9. The van der Waals surface area contributed by atoms with Gasteiger partial charge in [0.05, 0.1) is 6.26 Å². The number of carbonyl (C=O) groups excluding carboxylic acids is 1. The lowest BCUT2D eigenvalue weighted by molar-refractivity contribution is -0.158. The fourth-order valence-corrected chi connectivity index (χ4v) is 3.21. The second kappa shape index (κ2) is 7.33. The van der Waals surface area contributed by atoms with Crippen LogP contribution in [0, 0.1) is 6.92 Å². The minimum absolute atomic E-state index is 0.0837. The lowest BCUT2D eigenvalue weighted by Crippen LogP contribution is -2.21. The van der Waals surface area contributed by atoms with Crippen molar-refractivity contribution in [2.24, 2.45) is 0 Å². The molecule has 0 saturated heterocycles. The van der Waals surface area contributed by atoms with Crippen LogP contribution in [0.3, 0.4) is 0 Å². The lowest BCUT2D eigenvalue weighted by Gasteiger charge is -2.26. The van der Waals surface area contributed by atoms with E-state index in [9.17, 15) is 9.59 Å². The molecule has 0 amide bonds. The summed E-state index contributed by atoms with van der Waals surface area (Å²) in [5.41, 5.74) is 3.62. The summed E-state index contributed by atoms with van der Waals surface area (Å²) in [7, 11) is 0. The van der Waals surface area contributed by atoms with E-state index >= 15 is 0 Å². The van der Waals surface area contributed by atoms with E-state index in [4.69, 9.17) is 14.6 Å². The van der Waals surface area contributed by atoms with Gasteiger partial charge in [0.2, 0.25) is 0 Å². The average molecular weight is 417 g/mol. The van der Waals surface area contributed by atoms with Gasteiger partial charge in [-0.2, -0.15) is 0 Å². The van der Waals surface area contributed by atoms with Crippen molar-refractivity contribution in [2.75, 3.05) is 0 Å². The highest BCUT2D eigenvalue weighted by molar-refractivity contribution is 9.10. The number of hydrogen-bond acceptors (Lipinski definition) is 4. The molecule has 26 heavy (non-hydrogen) atoms. The van der Waals surface area contributed by atoms with Gasteiger partial charge >= 0.3 is 11.9 Å². The quantitative estimate of drug-likeness (QED) is 0.456. The molecule has 2 aromatic rings. The smallest absolute Gasteiger partial charge is 0.422 e. The number of carboxylic acid groups (broad SMARTS) is 1. The number of fused-ring (bicyclic) bond motifs is 1. The molecule has 0 aliphatic carbocycles. The monoisotopic (exact) mass is 416 g/mol. The van der Waals surface area contributed by atoms with E-state index < -0.39 is 11.9 Å². The lowest BCUT2D eigenvalue weighted by atomic mass is 9.86. The number of halogens is 1. The largest absolute Gasteiger partial charge is 0.473 e. The fraction of sp³-hybridized carbons (Fsp3) is 0.200. The van der Waals surface area contributed by atoms with Crippen LogP contribution in [-0.4, -0.2) is 17.0 Å². The Morgan fingerprint density at radius 1 is 1.23 bits per heavy atom. The summed E-state index contributed by atoms with van der Waals surface area (Å²) in [6, 6.07) is 11.5. The second-order valence-corrected chi connectivity index (χ2v) is 7.12. The van der Waals surface area contributed by atoms with Crippen molar-refractivity contribution in [3.8, 4) is 11.5 Å². The van der Waals surface area contributed by atoms with Gasteiger partial charge in [0, 0.05) is 16.0 Å². The fourth-order valence-electron chi connectivity index (χ4n) is 2.94. The molecule has 1 N–H and O–H groups in total. The first kappa shape index (κ1) is 18.2. The van der Waals surface area contributed by atoms with E-state index in [1.165, 1.54) is 0 Å². The Morgan fingerprint density at radius 3 is 2.58 bits per heavy atom. The summed E-state index contributed by atoms with van der Waals surface area (Å²) in [5.74, 6) is -2.23. The number of hydrogen-bond donors (Lipinski definition) is 1. The molecule has 3 rings (SSSR count). The first-order chi connectivity index (χ1) is 12.3. The van der Waals surface area contributed by atoms with E-state index in [-0.39, 0.29) is 11.7 Å². The van der Waals surface area contributed by atoms with Crippen molar-refractivity contribution >= 4 is 27.9 Å². The van der Waals surface area contributed by atoms with Gasteiger partial charge in [0.25, 0.3) is 0 Å².